The number of nitrogens with zero attached hydrogens (tertiary/aromatic N) is 4. The number of rotatable bonds is 6. The second-order valence-electron chi connectivity index (χ2n) is 6.77. The first-order chi connectivity index (χ1) is 13.2. The van der Waals surface area contributed by atoms with Crippen LogP contribution in [0.3, 0.4) is 0 Å². The Morgan fingerprint density at radius 3 is 2.81 bits per heavy atom. The third-order valence-corrected chi connectivity index (χ3v) is 5.58. The number of thioether (sulfide) groups is 1. The lowest BCUT2D eigenvalue weighted by Gasteiger charge is -2.14. The molecule has 0 saturated heterocycles. The smallest absolute Gasteiger partial charge is 0.235 e. The Balaban J connectivity index is 1.33. The average molecular weight is 382 g/mol. The fourth-order valence-electron chi connectivity index (χ4n) is 3.31. The van der Waals surface area contributed by atoms with Crippen LogP contribution in [-0.2, 0) is 4.79 Å². The van der Waals surface area contributed by atoms with E-state index in [1.54, 1.807) is 6.20 Å². The number of anilines is 1. The predicted molar refractivity (Wildman–Crippen MR) is 106 cm³/mol. The molecule has 0 unspecified atom stereocenters. The first kappa shape index (κ1) is 17.8. The number of hydrogen-bond acceptors (Lipinski definition) is 5. The minimum absolute atomic E-state index is 0.0820. The minimum atomic E-state index is -0.0820. The Morgan fingerprint density at radius 2 is 2.04 bits per heavy atom. The molecule has 7 nitrogen and oxygen atoms in total. The SMILES string of the molecule is Cc1ccc(-c2nc(SCC(=O)Nc3ccnn3C3CCCC3)n[nH]2)cc1. The topological polar surface area (TPSA) is 88.5 Å². The Kier molecular flexibility index (Phi) is 5.24. The van der Waals surface area contributed by atoms with E-state index in [0.717, 1.165) is 24.2 Å². The van der Waals surface area contributed by atoms with Gasteiger partial charge in [-0.05, 0) is 19.8 Å². The van der Waals surface area contributed by atoms with Gasteiger partial charge in [0.25, 0.3) is 0 Å². The van der Waals surface area contributed by atoms with Crippen LogP contribution in [-0.4, -0.2) is 36.6 Å². The van der Waals surface area contributed by atoms with Gasteiger partial charge in [0.15, 0.2) is 5.82 Å². The zero-order valence-electron chi connectivity index (χ0n) is 15.2. The largest absolute Gasteiger partial charge is 0.310 e. The highest BCUT2D eigenvalue weighted by Crippen LogP contribution is 2.31. The molecule has 1 amide bonds. The average Bonchev–Trinajstić information content (AvgIpc) is 3.42. The minimum Gasteiger partial charge on any atom is -0.310 e. The second-order valence-corrected chi connectivity index (χ2v) is 7.71. The number of nitrogens with one attached hydrogen (secondary N) is 2. The van der Waals surface area contributed by atoms with Crippen molar-refractivity contribution in [2.75, 3.05) is 11.1 Å². The van der Waals surface area contributed by atoms with Crippen molar-refractivity contribution in [1.29, 1.82) is 0 Å². The molecule has 3 aromatic rings. The first-order valence-electron chi connectivity index (χ1n) is 9.14. The third kappa shape index (κ3) is 4.21. The van der Waals surface area contributed by atoms with Gasteiger partial charge in [0.2, 0.25) is 11.1 Å². The van der Waals surface area contributed by atoms with Crippen molar-refractivity contribution < 1.29 is 4.79 Å². The van der Waals surface area contributed by atoms with Gasteiger partial charge in [0, 0.05) is 11.6 Å². The maximum Gasteiger partial charge on any atom is 0.235 e. The number of carbonyl (C=O) groups is 1. The van der Waals surface area contributed by atoms with Crippen LogP contribution in [0.5, 0.6) is 0 Å². The molecular formula is C19H22N6OS. The zero-order chi connectivity index (χ0) is 18.6. The molecule has 8 heteroatoms. The quantitative estimate of drug-likeness (QED) is 0.633. The van der Waals surface area contributed by atoms with Gasteiger partial charge >= 0.3 is 0 Å². The molecule has 4 rings (SSSR count). The highest BCUT2D eigenvalue weighted by atomic mass is 32.2. The molecule has 140 valence electrons. The van der Waals surface area contributed by atoms with Crippen LogP contribution >= 0.6 is 11.8 Å². The Morgan fingerprint density at radius 1 is 1.26 bits per heavy atom. The van der Waals surface area contributed by atoms with Gasteiger partial charge in [-0.3, -0.25) is 9.89 Å². The Labute approximate surface area is 162 Å². The van der Waals surface area contributed by atoms with Crippen LogP contribution in [0.4, 0.5) is 5.82 Å². The van der Waals surface area contributed by atoms with E-state index in [4.69, 9.17) is 0 Å². The van der Waals surface area contributed by atoms with Crippen molar-refractivity contribution in [2.45, 2.75) is 43.8 Å². The van der Waals surface area contributed by atoms with Gasteiger partial charge in [-0.15, -0.1) is 5.10 Å². The molecule has 2 heterocycles. The molecule has 1 aromatic carbocycles. The van der Waals surface area contributed by atoms with Crippen molar-refractivity contribution in [2.24, 2.45) is 0 Å². The Bertz CT molecular complexity index is 910. The Hall–Kier alpha value is -2.61. The van der Waals surface area contributed by atoms with Crippen LogP contribution in [0, 0.1) is 6.92 Å². The second kappa shape index (κ2) is 7.96. The van der Waals surface area contributed by atoms with E-state index in [1.807, 2.05) is 41.9 Å². The van der Waals surface area contributed by atoms with Gasteiger partial charge in [-0.1, -0.05) is 54.4 Å². The van der Waals surface area contributed by atoms with E-state index in [1.165, 1.54) is 30.2 Å². The monoisotopic (exact) mass is 382 g/mol. The molecule has 0 spiro atoms. The van der Waals surface area contributed by atoms with Gasteiger partial charge < -0.3 is 5.32 Å². The fourth-order valence-corrected chi connectivity index (χ4v) is 3.91. The van der Waals surface area contributed by atoms with Crippen LogP contribution < -0.4 is 5.32 Å². The van der Waals surface area contributed by atoms with Crippen molar-refractivity contribution >= 4 is 23.5 Å². The summed E-state index contributed by atoms with van der Waals surface area (Å²) < 4.78 is 1.94. The van der Waals surface area contributed by atoms with E-state index in [9.17, 15) is 4.79 Å². The summed E-state index contributed by atoms with van der Waals surface area (Å²) in [6.07, 6.45) is 6.44. The van der Waals surface area contributed by atoms with E-state index in [2.05, 4.69) is 25.6 Å². The van der Waals surface area contributed by atoms with Gasteiger partial charge in [0.1, 0.15) is 5.82 Å². The van der Waals surface area contributed by atoms with Gasteiger partial charge in [-0.25, -0.2) is 9.67 Å². The normalized spacial score (nSPS) is 14.6. The lowest BCUT2D eigenvalue weighted by Crippen LogP contribution is -2.19. The zero-order valence-corrected chi connectivity index (χ0v) is 16.0. The fraction of sp³-hybridized carbons (Fsp3) is 0.368. The number of hydrogen-bond donors (Lipinski definition) is 2. The van der Waals surface area contributed by atoms with Crippen molar-refractivity contribution in [1.82, 2.24) is 25.0 Å². The maximum absolute atomic E-state index is 12.3. The number of aromatic nitrogens is 5. The number of carbonyl (C=O) groups excluding carboxylic acids is 1. The molecule has 1 fully saturated rings. The molecule has 1 saturated carbocycles. The summed E-state index contributed by atoms with van der Waals surface area (Å²) in [6, 6.07) is 10.3. The third-order valence-electron chi connectivity index (χ3n) is 4.73. The molecule has 1 aliphatic carbocycles. The summed E-state index contributed by atoms with van der Waals surface area (Å²) >= 11 is 1.31. The molecule has 1 aliphatic rings. The summed E-state index contributed by atoms with van der Waals surface area (Å²) in [4.78, 5) is 16.8. The molecule has 0 aliphatic heterocycles. The molecule has 2 N–H and O–H groups in total. The summed E-state index contributed by atoms with van der Waals surface area (Å²) in [5.74, 6) is 1.64. The first-order valence-corrected chi connectivity index (χ1v) is 10.1. The summed E-state index contributed by atoms with van der Waals surface area (Å²) in [6.45, 7) is 2.04. The highest BCUT2D eigenvalue weighted by molar-refractivity contribution is 7.99. The summed E-state index contributed by atoms with van der Waals surface area (Å²) in [5, 5.41) is 15.0. The molecule has 27 heavy (non-hydrogen) atoms. The molecule has 2 aromatic heterocycles. The number of aryl methyl sites for hydroxylation is 1. The standard InChI is InChI=1S/C19H22N6OS/c1-13-6-8-14(9-7-13)18-22-19(24-23-18)27-12-17(26)21-16-10-11-20-25(16)15-4-2-3-5-15/h6-11,15H,2-5,12H2,1H3,(H,21,26)(H,22,23,24). The van der Waals surface area contributed by atoms with Crippen molar-refractivity contribution in [3.05, 3.63) is 42.1 Å². The number of aromatic amines is 1. The maximum atomic E-state index is 12.3. The van der Waals surface area contributed by atoms with Crippen molar-refractivity contribution in [3.63, 3.8) is 0 Å². The number of amides is 1. The number of H-pyrrole nitrogens is 1. The summed E-state index contributed by atoms with van der Waals surface area (Å²) in [7, 11) is 0. The van der Waals surface area contributed by atoms with E-state index >= 15 is 0 Å². The predicted octanol–water partition coefficient (Wildman–Crippen LogP) is 3.82. The molecular weight excluding hydrogens is 360 g/mol. The number of benzene rings is 1. The van der Waals surface area contributed by atoms with Crippen LogP contribution in [0.1, 0.15) is 37.3 Å². The van der Waals surface area contributed by atoms with Gasteiger partial charge in [0.05, 0.1) is 18.0 Å². The van der Waals surface area contributed by atoms with Crippen LogP contribution in [0.2, 0.25) is 0 Å². The highest BCUT2D eigenvalue weighted by Gasteiger charge is 2.20. The van der Waals surface area contributed by atoms with E-state index in [0.29, 0.717) is 17.0 Å². The van der Waals surface area contributed by atoms with E-state index in [-0.39, 0.29) is 11.7 Å². The molecule has 0 atom stereocenters. The van der Waals surface area contributed by atoms with Crippen LogP contribution in [0.25, 0.3) is 11.4 Å². The lowest BCUT2D eigenvalue weighted by molar-refractivity contribution is -0.113. The molecule has 0 bridgehead atoms. The lowest BCUT2D eigenvalue weighted by atomic mass is 10.1. The van der Waals surface area contributed by atoms with Gasteiger partial charge in [-0.2, -0.15) is 5.10 Å². The van der Waals surface area contributed by atoms with E-state index < -0.39 is 0 Å². The molecule has 0 radical (unpaired) electrons. The van der Waals surface area contributed by atoms with Crippen LogP contribution in [0.15, 0.2) is 41.7 Å². The van der Waals surface area contributed by atoms with Crippen molar-refractivity contribution in [3.8, 4) is 11.4 Å². The summed E-state index contributed by atoms with van der Waals surface area (Å²) in [5.41, 5.74) is 2.17.